The summed E-state index contributed by atoms with van der Waals surface area (Å²) >= 11 is 11.9. The van der Waals surface area contributed by atoms with Crippen LogP contribution in [0.15, 0.2) is 30.3 Å². The van der Waals surface area contributed by atoms with Crippen LogP contribution in [0.1, 0.15) is 56.9 Å². The molecule has 0 aliphatic heterocycles. The average molecular weight is 540 g/mol. The fourth-order valence-electron chi connectivity index (χ4n) is 4.08. The minimum atomic E-state index is -0.130. The predicted molar refractivity (Wildman–Crippen MR) is 151 cm³/mol. The Morgan fingerprint density at radius 3 is 1.69 bits per heavy atom. The third-order valence-electron chi connectivity index (χ3n) is 5.86. The van der Waals surface area contributed by atoms with Crippen molar-refractivity contribution in [3.8, 4) is 0 Å². The lowest BCUT2D eigenvalue weighted by molar-refractivity contribution is -0.118. The Hall–Kier alpha value is -2.12. The van der Waals surface area contributed by atoms with E-state index >= 15 is 0 Å². The van der Waals surface area contributed by atoms with Crippen LogP contribution in [0.3, 0.4) is 0 Å². The lowest BCUT2D eigenvalue weighted by Gasteiger charge is -2.26. The van der Waals surface area contributed by atoms with Crippen LogP contribution in [0.2, 0.25) is 5.02 Å². The SMILES string of the molecule is CCc1ccc(Cl)c(CC)c1N(COC)C(C)=O.CCc1cccc(CC)c1N(COC)C(=O)CCl. The number of ether oxygens (including phenoxy) is 2. The molecule has 0 aliphatic carbocycles. The first-order valence-corrected chi connectivity index (χ1v) is 13.2. The van der Waals surface area contributed by atoms with E-state index < -0.39 is 0 Å². The second-order valence-electron chi connectivity index (χ2n) is 8.11. The molecule has 0 saturated carbocycles. The van der Waals surface area contributed by atoms with Crippen molar-refractivity contribution < 1.29 is 19.1 Å². The van der Waals surface area contributed by atoms with Gasteiger partial charge >= 0.3 is 0 Å². The minimum absolute atomic E-state index is 0.0371. The van der Waals surface area contributed by atoms with E-state index in [9.17, 15) is 9.59 Å². The summed E-state index contributed by atoms with van der Waals surface area (Å²) in [4.78, 5) is 27.0. The number of amides is 2. The molecule has 0 unspecified atom stereocenters. The number of benzene rings is 2. The number of aryl methyl sites for hydroxylation is 3. The molecule has 0 bridgehead atoms. The highest BCUT2D eigenvalue weighted by Crippen LogP contribution is 2.33. The van der Waals surface area contributed by atoms with Crippen LogP contribution >= 0.6 is 23.2 Å². The van der Waals surface area contributed by atoms with Gasteiger partial charge < -0.3 is 9.47 Å². The molecule has 0 fully saturated rings. The molecule has 0 aliphatic rings. The zero-order chi connectivity index (χ0) is 27.3. The third kappa shape index (κ3) is 8.20. The van der Waals surface area contributed by atoms with Gasteiger partial charge in [0.25, 0.3) is 0 Å². The first-order chi connectivity index (χ1) is 17.2. The standard InChI is InChI=1S/2C14H20ClNO2/c1-5-11-7-8-13(15)12(6-2)14(11)16(9-18-4)10(3)17;1-4-11-7-6-8-12(5-2)14(11)16(10-18-3)13(17)9-15/h7-8H,5-6,9H2,1-4H3;6-8H,4-5,9-10H2,1-3H3. The van der Waals surface area contributed by atoms with E-state index in [4.69, 9.17) is 32.7 Å². The van der Waals surface area contributed by atoms with Crippen molar-refractivity contribution in [2.75, 3.05) is 43.4 Å². The molecule has 2 aromatic carbocycles. The van der Waals surface area contributed by atoms with E-state index in [-0.39, 0.29) is 31.2 Å². The van der Waals surface area contributed by atoms with Gasteiger partial charge in [0.2, 0.25) is 11.8 Å². The van der Waals surface area contributed by atoms with E-state index in [0.717, 1.165) is 59.3 Å². The molecule has 8 heteroatoms. The molecular weight excluding hydrogens is 499 g/mol. The van der Waals surface area contributed by atoms with E-state index in [1.54, 1.807) is 30.9 Å². The monoisotopic (exact) mass is 538 g/mol. The summed E-state index contributed by atoms with van der Waals surface area (Å²) in [6.45, 7) is 10.3. The lowest BCUT2D eigenvalue weighted by atomic mass is 10.0. The average Bonchev–Trinajstić information content (AvgIpc) is 2.89. The smallest absolute Gasteiger partial charge is 0.243 e. The largest absolute Gasteiger partial charge is 0.364 e. The highest BCUT2D eigenvalue weighted by atomic mass is 35.5. The molecule has 6 nitrogen and oxygen atoms in total. The number of methoxy groups -OCH3 is 2. The Kier molecular flexibility index (Phi) is 14.7. The van der Waals surface area contributed by atoms with Gasteiger partial charge in [-0.15, -0.1) is 11.6 Å². The van der Waals surface area contributed by atoms with Crippen LogP contribution in [-0.2, 0) is 44.7 Å². The van der Waals surface area contributed by atoms with Crippen molar-refractivity contribution in [1.82, 2.24) is 0 Å². The molecule has 0 N–H and O–H groups in total. The molecule has 2 amide bonds. The van der Waals surface area contributed by atoms with Crippen LogP contribution in [0, 0.1) is 0 Å². The van der Waals surface area contributed by atoms with Crippen LogP contribution in [0.4, 0.5) is 11.4 Å². The van der Waals surface area contributed by atoms with Crippen molar-refractivity contribution in [3.05, 3.63) is 57.6 Å². The summed E-state index contributed by atoms with van der Waals surface area (Å²) in [6.07, 6.45) is 3.39. The van der Waals surface area contributed by atoms with Gasteiger partial charge in [-0.3, -0.25) is 19.4 Å². The first-order valence-electron chi connectivity index (χ1n) is 12.3. The molecule has 2 rings (SSSR count). The summed E-state index contributed by atoms with van der Waals surface area (Å²) in [6, 6.07) is 9.98. The van der Waals surface area contributed by atoms with E-state index in [0.29, 0.717) is 5.02 Å². The quantitative estimate of drug-likeness (QED) is 0.245. The molecule has 0 spiro atoms. The lowest BCUT2D eigenvalue weighted by Crippen LogP contribution is -2.35. The van der Waals surface area contributed by atoms with Crippen LogP contribution in [0.25, 0.3) is 0 Å². The Morgan fingerprint density at radius 2 is 1.28 bits per heavy atom. The highest BCUT2D eigenvalue weighted by molar-refractivity contribution is 6.32. The van der Waals surface area contributed by atoms with Gasteiger partial charge in [0.05, 0.1) is 11.4 Å². The third-order valence-corrected chi connectivity index (χ3v) is 6.44. The fraction of sp³-hybridized carbons (Fsp3) is 0.500. The number of carbonyl (C=O) groups excluding carboxylic acids is 2. The molecule has 2 aromatic rings. The van der Waals surface area contributed by atoms with Crippen molar-refractivity contribution in [2.45, 2.75) is 60.3 Å². The van der Waals surface area contributed by atoms with Crippen molar-refractivity contribution in [2.24, 2.45) is 0 Å². The molecule has 0 heterocycles. The second-order valence-corrected chi connectivity index (χ2v) is 8.79. The zero-order valence-corrected chi connectivity index (χ0v) is 24.1. The molecule has 200 valence electrons. The number of carbonyl (C=O) groups is 2. The predicted octanol–water partition coefficient (Wildman–Crippen LogP) is 6.41. The number of nitrogens with zero attached hydrogens (tertiary/aromatic N) is 2. The van der Waals surface area contributed by atoms with Crippen LogP contribution in [-0.4, -0.2) is 45.4 Å². The summed E-state index contributed by atoms with van der Waals surface area (Å²) in [5.74, 6) is -0.206. The summed E-state index contributed by atoms with van der Waals surface area (Å²) in [5.41, 5.74) is 6.26. The number of anilines is 2. The summed E-state index contributed by atoms with van der Waals surface area (Å²) < 4.78 is 10.2. The maximum Gasteiger partial charge on any atom is 0.243 e. The maximum atomic E-state index is 12.0. The fourth-order valence-corrected chi connectivity index (χ4v) is 4.51. The number of rotatable bonds is 11. The number of alkyl halides is 1. The van der Waals surface area contributed by atoms with Gasteiger partial charge in [0.1, 0.15) is 19.3 Å². The number of para-hydroxylation sites is 1. The van der Waals surface area contributed by atoms with Crippen LogP contribution < -0.4 is 9.80 Å². The van der Waals surface area contributed by atoms with E-state index in [1.807, 2.05) is 37.3 Å². The number of halogens is 2. The molecule has 36 heavy (non-hydrogen) atoms. The molecule has 0 atom stereocenters. The van der Waals surface area contributed by atoms with Gasteiger partial charge in [-0.25, -0.2) is 0 Å². The van der Waals surface area contributed by atoms with Crippen molar-refractivity contribution in [3.63, 3.8) is 0 Å². The Bertz CT molecular complexity index is 976. The van der Waals surface area contributed by atoms with E-state index in [1.165, 1.54) is 0 Å². The maximum absolute atomic E-state index is 12.0. The van der Waals surface area contributed by atoms with Crippen LogP contribution in [0.5, 0.6) is 0 Å². The minimum Gasteiger partial charge on any atom is -0.364 e. The molecule has 0 radical (unpaired) electrons. The summed E-state index contributed by atoms with van der Waals surface area (Å²) in [7, 11) is 3.16. The number of hydrogen-bond acceptors (Lipinski definition) is 4. The van der Waals surface area contributed by atoms with Crippen molar-refractivity contribution >= 4 is 46.4 Å². The Morgan fingerprint density at radius 1 is 0.778 bits per heavy atom. The van der Waals surface area contributed by atoms with Gasteiger partial charge in [0, 0.05) is 26.2 Å². The van der Waals surface area contributed by atoms with Gasteiger partial charge in [0.15, 0.2) is 0 Å². The van der Waals surface area contributed by atoms with Gasteiger partial charge in [-0.2, -0.15) is 0 Å². The van der Waals surface area contributed by atoms with Gasteiger partial charge in [-0.05, 0) is 54.0 Å². The molecule has 0 saturated heterocycles. The topological polar surface area (TPSA) is 59.1 Å². The first kappa shape index (κ1) is 31.9. The summed E-state index contributed by atoms with van der Waals surface area (Å²) in [5, 5.41) is 0.701. The van der Waals surface area contributed by atoms with E-state index in [2.05, 4.69) is 20.8 Å². The number of hydrogen-bond donors (Lipinski definition) is 0. The van der Waals surface area contributed by atoms with Crippen molar-refractivity contribution in [1.29, 1.82) is 0 Å². The van der Waals surface area contributed by atoms with Gasteiger partial charge in [-0.1, -0.05) is 63.6 Å². The normalized spacial score (nSPS) is 10.5. The Balaban J connectivity index is 0.000000360. The Labute approximate surface area is 226 Å². The zero-order valence-electron chi connectivity index (χ0n) is 22.6. The highest BCUT2D eigenvalue weighted by Gasteiger charge is 2.21. The molecule has 0 aromatic heterocycles. The molecular formula is C28H40Cl2N2O4. The second kappa shape index (κ2) is 16.6.